The number of H-pyrrole nitrogens is 1. The molecule has 2 aromatic heterocycles. The molecule has 0 unspecified atom stereocenters. The van der Waals surface area contributed by atoms with Crippen LogP contribution in [0.1, 0.15) is 37.2 Å². The van der Waals surface area contributed by atoms with E-state index in [2.05, 4.69) is 30.2 Å². The second-order valence-corrected chi connectivity index (χ2v) is 6.76. The SMILES string of the molecule is CNC(=O)[C@@]1(CCCc2cnccn2)CCCN(Cc2ncc[nH]2)C1. The van der Waals surface area contributed by atoms with Crippen LogP contribution in [0.3, 0.4) is 0 Å². The molecule has 0 saturated carbocycles. The molecule has 0 aliphatic carbocycles. The van der Waals surface area contributed by atoms with E-state index in [1.807, 2.05) is 6.20 Å². The molecule has 0 spiro atoms. The minimum atomic E-state index is -0.332. The van der Waals surface area contributed by atoms with Gasteiger partial charge in [0.05, 0.1) is 17.7 Å². The van der Waals surface area contributed by atoms with Gasteiger partial charge in [-0.25, -0.2) is 4.98 Å². The first-order valence-electron chi connectivity index (χ1n) is 8.89. The van der Waals surface area contributed by atoms with Crippen molar-refractivity contribution in [1.29, 1.82) is 0 Å². The standard InChI is InChI=1S/C18H26N6O/c1-19-17(25)18(5-2-4-15-12-20-7-8-21-15)6-3-11-24(14-18)13-16-22-9-10-23-16/h7-10,12H,2-6,11,13-14H2,1H3,(H,19,25)(H,22,23)/t18-/m0/s1. The molecule has 0 aromatic carbocycles. The zero-order valence-corrected chi connectivity index (χ0v) is 14.7. The van der Waals surface area contributed by atoms with Crippen LogP contribution in [0.15, 0.2) is 31.0 Å². The fraction of sp³-hybridized carbons (Fsp3) is 0.556. The number of aromatic nitrogens is 4. The van der Waals surface area contributed by atoms with Crippen molar-refractivity contribution in [2.75, 3.05) is 20.1 Å². The lowest BCUT2D eigenvalue weighted by Crippen LogP contribution is -2.51. The van der Waals surface area contributed by atoms with Gasteiger partial charge < -0.3 is 10.3 Å². The van der Waals surface area contributed by atoms with Crippen molar-refractivity contribution < 1.29 is 4.79 Å². The molecule has 1 saturated heterocycles. The van der Waals surface area contributed by atoms with E-state index in [9.17, 15) is 4.79 Å². The van der Waals surface area contributed by atoms with Crippen LogP contribution in [0.2, 0.25) is 0 Å². The molecule has 1 aliphatic rings. The van der Waals surface area contributed by atoms with Gasteiger partial charge in [0.2, 0.25) is 5.91 Å². The van der Waals surface area contributed by atoms with Crippen molar-refractivity contribution in [3.63, 3.8) is 0 Å². The van der Waals surface area contributed by atoms with Crippen LogP contribution >= 0.6 is 0 Å². The predicted octanol–water partition coefficient (Wildman–Crippen LogP) is 1.55. The lowest BCUT2D eigenvalue weighted by molar-refractivity contribution is -0.134. The van der Waals surface area contributed by atoms with E-state index in [4.69, 9.17) is 0 Å². The molecular weight excluding hydrogens is 316 g/mol. The van der Waals surface area contributed by atoms with Crippen molar-refractivity contribution in [1.82, 2.24) is 30.2 Å². The Labute approximate surface area is 148 Å². The largest absolute Gasteiger partial charge is 0.359 e. The van der Waals surface area contributed by atoms with Gasteiger partial charge in [0.25, 0.3) is 0 Å². The summed E-state index contributed by atoms with van der Waals surface area (Å²) >= 11 is 0. The van der Waals surface area contributed by atoms with E-state index in [-0.39, 0.29) is 11.3 Å². The van der Waals surface area contributed by atoms with Gasteiger partial charge in [0, 0.05) is 44.6 Å². The second kappa shape index (κ2) is 8.20. The smallest absolute Gasteiger partial charge is 0.227 e. The molecule has 1 atom stereocenters. The van der Waals surface area contributed by atoms with Crippen LogP contribution < -0.4 is 5.32 Å². The van der Waals surface area contributed by atoms with Gasteiger partial charge in [-0.1, -0.05) is 0 Å². The minimum absolute atomic E-state index is 0.149. The maximum absolute atomic E-state index is 12.7. The Morgan fingerprint density at radius 1 is 1.36 bits per heavy atom. The first kappa shape index (κ1) is 17.5. The van der Waals surface area contributed by atoms with Gasteiger partial charge >= 0.3 is 0 Å². The first-order chi connectivity index (χ1) is 12.2. The van der Waals surface area contributed by atoms with Crippen molar-refractivity contribution >= 4 is 5.91 Å². The van der Waals surface area contributed by atoms with Crippen LogP contribution in [-0.2, 0) is 17.8 Å². The maximum atomic E-state index is 12.7. The molecule has 134 valence electrons. The summed E-state index contributed by atoms with van der Waals surface area (Å²) in [5, 5.41) is 2.89. The summed E-state index contributed by atoms with van der Waals surface area (Å²) in [6, 6.07) is 0. The number of imidazole rings is 1. The summed E-state index contributed by atoms with van der Waals surface area (Å²) in [6.07, 6.45) is 13.4. The van der Waals surface area contributed by atoms with Crippen molar-refractivity contribution in [2.24, 2.45) is 5.41 Å². The van der Waals surface area contributed by atoms with Gasteiger partial charge in [-0.15, -0.1) is 0 Å². The number of aryl methyl sites for hydroxylation is 1. The van der Waals surface area contributed by atoms with Crippen molar-refractivity contribution in [3.05, 3.63) is 42.5 Å². The summed E-state index contributed by atoms with van der Waals surface area (Å²) < 4.78 is 0. The Morgan fingerprint density at radius 2 is 2.28 bits per heavy atom. The van der Waals surface area contributed by atoms with Gasteiger partial charge in [0.15, 0.2) is 0 Å². The molecule has 2 N–H and O–H groups in total. The van der Waals surface area contributed by atoms with Gasteiger partial charge in [-0.05, 0) is 38.6 Å². The molecule has 1 aliphatic heterocycles. The lowest BCUT2D eigenvalue weighted by Gasteiger charge is -2.41. The number of hydrogen-bond acceptors (Lipinski definition) is 5. The summed E-state index contributed by atoms with van der Waals surface area (Å²) in [5.74, 6) is 1.10. The molecule has 0 radical (unpaired) electrons. The summed E-state index contributed by atoms with van der Waals surface area (Å²) in [4.78, 5) is 30.9. The van der Waals surface area contributed by atoms with Crippen molar-refractivity contribution in [3.8, 4) is 0 Å². The summed E-state index contributed by atoms with van der Waals surface area (Å²) in [6.45, 7) is 2.54. The number of nitrogens with zero attached hydrogens (tertiary/aromatic N) is 4. The van der Waals surface area contributed by atoms with Crippen LogP contribution in [-0.4, -0.2) is 50.9 Å². The molecule has 0 bridgehead atoms. The molecule has 7 heteroatoms. The van der Waals surface area contributed by atoms with Crippen LogP contribution in [0.4, 0.5) is 0 Å². The normalized spacial score (nSPS) is 21.2. The fourth-order valence-electron chi connectivity index (χ4n) is 3.79. The monoisotopic (exact) mass is 342 g/mol. The molecule has 1 amide bonds. The van der Waals surface area contributed by atoms with E-state index < -0.39 is 0 Å². The number of aromatic amines is 1. The first-order valence-corrected chi connectivity index (χ1v) is 8.89. The third-order valence-corrected chi connectivity index (χ3v) is 5.00. The zero-order valence-electron chi connectivity index (χ0n) is 14.7. The minimum Gasteiger partial charge on any atom is -0.359 e. The average Bonchev–Trinajstić information content (AvgIpc) is 3.15. The van der Waals surface area contributed by atoms with E-state index in [1.54, 1.807) is 31.8 Å². The Kier molecular flexibility index (Phi) is 5.75. The average molecular weight is 342 g/mol. The number of carbonyl (C=O) groups excluding carboxylic acids is 1. The van der Waals surface area contributed by atoms with Crippen molar-refractivity contribution in [2.45, 2.75) is 38.6 Å². The molecule has 25 heavy (non-hydrogen) atoms. The predicted molar refractivity (Wildman–Crippen MR) is 94.6 cm³/mol. The number of piperidine rings is 1. The Morgan fingerprint density at radius 3 is 3.00 bits per heavy atom. The molecule has 2 aromatic rings. The van der Waals surface area contributed by atoms with Crippen LogP contribution in [0.5, 0.6) is 0 Å². The molecular formula is C18H26N6O. The van der Waals surface area contributed by atoms with E-state index in [1.165, 1.54) is 0 Å². The maximum Gasteiger partial charge on any atom is 0.227 e. The molecule has 3 rings (SSSR count). The van der Waals surface area contributed by atoms with Gasteiger partial charge in [-0.3, -0.25) is 19.7 Å². The number of rotatable bonds is 7. The van der Waals surface area contributed by atoms with Crippen LogP contribution in [0, 0.1) is 5.41 Å². The van der Waals surface area contributed by atoms with E-state index in [0.717, 1.165) is 63.3 Å². The highest BCUT2D eigenvalue weighted by molar-refractivity contribution is 5.82. The molecule has 1 fully saturated rings. The number of hydrogen-bond donors (Lipinski definition) is 2. The quantitative estimate of drug-likeness (QED) is 0.797. The molecule has 3 heterocycles. The number of amides is 1. The lowest BCUT2D eigenvalue weighted by atomic mass is 9.75. The second-order valence-electron chi connectivity index (χ2n) is 6.76. The third-order valence-electron chi connectivity index (χ3n) is 5.00. The summed E-state index contributed by atoms with van der Waals surface area (Å²) in [5.41, 5.74) is 0.653. The number of likely N-dealkylation sites (tertiary alicyclic amines) is 1. The van der Waals surface area contributed by atoms with E-state index in [0.29, 0.717) is 0 Å². The highest BCUT2D eigenvalue weighted by Gasteiger charge is 2.41. The van der Waals surface area contributed by atoms with Gasteiger partial charge in [-0.2, -0.15) is 0 Å². The topological polar surface area (TPSA) is 86.8 Å². The highest BCUT2D eigenvalue weighted by atomic mass is 16.2. The Bertz CT molecular complexity index is 659. The van der Waals surface area contributed by atoms with E-state index >= 15 is 0 Å². The Balaban J connectivity index is 1.64. The highest BCUT2D eigenvalue weighted by Crippen LogP contribution is 2.36. The van der Waals surface area contributed by atoms with Crippen LogP contribution in [0.25, 0.3) is 0 Å². The fourth-order valence-corrected chi connectivity index (χ4v) is 3.79. The molecule has 7 nitrogen and oxygen atoms in total. The Hall–Kier alpha value is -2.28. The van der Waals surface area contributed by atoms with Gasteiger partial charge in [0.1, 0.15) is 5.82 Å². The number of nitrogens with one attached hydrogen (secondary N) is 2. The third kappa shape index (κ3) is 4.42. The summed E-state index contributed by atoms with van der Waals surface area (Å²) in [7, 11) is 1.73. The zero-order chi connectivity index (χ0) is 17.5. The number of carbonyl (C=O) groups is 1.